The third-order valence-corrected chi connectivity index (χ3v) is 6.35. The number of nitrogens with one attached hydrogen (secondary N) is 4. The van der Waals surface area contributed by atoms with E-state index in [2.05, 4.69) is 26.3 Å². The molecule has 9 nitrogen and oxygen atoms in total. The van der Waals surface area contributed by atoms with Crippen LogP contribution in [-0.4, -0.2) is 47.5 Å². The van der Waals surface area contributed by atoms with Gasteiger partial charge in [-0.05, 0) is 56.3 Å². The van der Waals surface area contributed by atoms with Crippen molar-refractivity contribution in [2.45, 2.75) is 31.5 Å². The van der Waals surface area contributed by atoms with E-state index in [0.717, 1.165) is 22.2 Å². The number of fused-ring (bicyclic) bond motifs is 1. The number of pyridine rings is 1. The molecule has 0 radical (unpaired) electrons. The molecule has 2 aliphatic rings. The molecular weight excluding hydrogens is 434 g/mol. The molecule has 2 aliphatic heterocycles. The van der Waals surface area contributed by atoms with Crippen LogP contribution in [0.1, 0.15) is 28.0 Å². The van der Waals surface area contributed by atoms with Crippen LogP contribution in [0.3, 0.4) is 0 Å². The van der Waals surface area contributed by atoms with Gasteiger partial charge in [0, 0.05) is 28.8 Å². The molecule has 0 aliphatic carbocycles. The lowest BCUT2D eigenvalue weighted by Gasteiger charge is -2.39. The van der Waals surface area contributed by atoms with Gasteiger partial charge in [-0.1, -0.05) is 18.2 Å². The van der Waals surface area contributed by atoms with Gasteiger partial charge in [0.15, 0.2) is 0 Å². The van der Waals surface area contributed by atoms with Crippen molar-refractivity contribution in [3.05, 3.63) is 71.4 Å². The number of hydrogen-bond donors (Lipinski definition) is 4. The van der Waals surface area contributed by atoms with E-state index in [1.807, 2.05) is 37.3 Å². The Morgan fingerprint density at radius 1 is 1.18 bits per heavy atom. The predicted molar refractivity (Wildman–Crippen MR) is 125 cm³/mol. The van der Waals surface area contributed by atoms with Crippen LogP contribution in [0.5, 0.6) is 5.75 Å². The first-order chi connectivity index (χ1) is 16.4. The standard InChI is InChI=1S/C25H25N5O4/c1-15-12-17(19-4-2-3-5-20(19)27-15)14-34-18-8-6-16(7-9-18)22(31)28-21-13-26-11-10-25(21)23(32)29-24(33)30-25/h2-9,12,21,26H,10-11,13-14H2,1H3,(H,28,31)(H2,29,30,32,33). The van der Waals surface area contributed by atoms with Gasteiger partial charge >= 0.3 is 6.03 Å². The van der Waals surface area contributed by atoms with Gasteiger partial charge in [-0.3, -0.25) is 19.9 Å². The molecule has 2 atom stereocenters. The van der Waals surface area contributed by atoms with Crippen LogP contribution in [-0.2, 0) is 11.4 Å². The molecule has 1 aromatic heterocycles. The number of piperidine rings is 1. The number of nitrogens with zero attached hydrogens (tertiary/aromatic N) is 1. The van der Waals surface area contributed by atoms with E-state index in [1.165, 1.54) is 0 Å². The Hall–Kier alpha value is -3.98. The summed E-state index contributed by atoms with van der Waals surface area (Å²) in [5.41, 5.74) is 2.19. The largest absolute Gasteiger partial charge is 0.489 e. The number of para-hydroxylation sites is 1. The highest BCUT2D eigenvalue weighted by Crippen LogP contribution is 2.24. The smallest absolute Gasteiger partial charge is 0.322 e. The zero-order valence-electron chi connectivity index (χ0n) is 18.7. The Balaban J connectivity index is 1.26. The second-order valence-electron chi connectivity index (χ2n) is 8.61. The number of benzene rings is 2. The van der Waals surface area contributed by atoms with Crippen molar-refractivity contribution < 1.29 is 19.1 Å². The Kier molecular flexibility index (Phi) is 5.62. The molecule has 0 bridgehead atoms. The first-order valence-electron chi connectivity index (χ1n) is 11.2. The van der Waals surface area contributed by atoms with Gasteiger partial charge in [-0.2, -0.15) is 0 Å². The van der Waals surface area contributed by atoms with Crippen molar-refractivity contribution in [1.82, 2.24) is 26.3 Å². The van der Waals surface area contributed by atoms with E-state index >= 15 is 0 Å². The number of aromatic nitrogens is 1. The molecular formula is C25H25N5O4. The Morgan fingerprint density at radius 3 is 2.74 bits per heavy atom. The van der Waals surface area contributed by atoms with E-state index in [4.69, 9.17) is 4.74 Å². The second-order valence-corrected chi connectivity index (χ2v) is 8.61. The van der Waals surface area contributed by atoms with Crippen molar-refractivity contribution >= 4 is 28.7 Å². The number of amides is 4. The minimum absolute atomic E-state index is 0.329. The number of rotatable bonds is 5. The summed E-state index contributed by atoms with van der Waals surface area (Å²) in [6, 6.07) is 15.7. The minimum atomic E-state index is -1.13. The zero-order valence-corrected chi connectivity index (χ0v) is 18.7. The summed E-state index contributed by atoms with van der Waals surface area (Å²) in [5, 5.41) is 12.1. The number of carbonyl (C=O) groups is 3. The van der Waals surface area contributed by atoms with Crippen LogP contribution in [0.25, 0.3) is 10.9 Å². The zero-order chi connectivity index (χ0) is 23.7. The van der Waals surface area contributed by atoms with E-state index in [0.29, 0.717) is 37.4 Å². The molecule has 1 spiro atoms. The number of aryl methyl sites for hydroxylation is 1. The summed E-state index contributed by atoms with van der Waals surface area (Å²) >= 11 is 0. The van der Waals surface area contributed by atoms with Crippen molar-refractivity contribution in [2.24, 2.45) is 0 Å². The molecule has 4 N–H and O–H groups in total. The Morgan fingerprint density at radius 2 is 1.97 bits per heavy atom. The second kappa shape index (κ2) is 8.75. The third-order valence-electron chi connectivity index (χ3n) is 6.35. The van der Waals surface area contributed by atoms with E-state index in [1.54, 1.807) is 24.3 Å². The fourth-order valence-corrected chi connectivity index (χ4v) is 4.60. The van der Waals surface area contributed by atoms with Gasteiger partial charge in [0.05, 0.1) is 11.6 Å². The average Bonchev–Trinajstić information content (AvgIpc) is 3.12. The molecule has 4 amide bonds. The van der Waals surface area contributed by atoms with Gasteiger partial charge in [0.1, 0.15) is 17.9 Å². The Bertz CT molecular complexity index is 1280. The molecule has 5 rings (SSSR count). The topological polar surface area (TPSA) is 121 Å². The molecule has 34 heavy (non-hydrogen) atoms. The maximum absolute atomic E-state index is 12.9. The van der Waals surface area contributed by atoms with Crippen LogP contribution in [0.15, 0.2) is 54.6 Å². The summed E-state index contributed by atoms with van der Waals surface area (Å²) in [7, 11) is 0. The predicted octanol–water partition coefficient (Wildman–Crippen LogP) is 1.79. The van der Waals surface area contributed by atoms with Crippen LogP contribution < -0.4 is 26.0 Å². The normalized spacial score (nSPS) is 21.9. The molecule has 3 heterocycles. The minimum Gasteiger partial charge on any atom is -0.489 e. The van der Waals surface area contributed by atoms with Crippen molar-refractivity contribution in [3.63, 3.8) is 0 Å². The number of imide groups is 1. The van der Waals surface area contributed by atoms with Crippen LogP contribution >= 0.6 is 0 Å². The fraction of sp³-hybridized carbons (Fsp3) is 0.280. The summed E-state index contributed by atoms with van der Waals surface area (Å²) in [6.07, 6.45) is 0.394. The summed E-state index contributed by atoms with van der Waals surface area (Å²) < 4.78 is 5.97. The highest BCUT2D eigenvalue weighted by Gasteiger charge is 2.53. The number of urea groups is 1. The van der Waals surface area contributed by atoms with Crippen molar-refractivity contribution in [1.29, 1.82) is 0 Å². The SMILES string of the molecule is Cc1cc(COc2ccc(C(=O)NC3CNCCC34NC(=O)NC4=O)cc2)c2ccccc2n1. The third kappa shape index (κ3) is 4.06. The first kappa shape index (κ1) is 21.8. The lowest BCUT2D eigenvalue weighted by Crippen LogP contribution is -2.69. The summed E-state index contributed by atoms with van der Waals surface area (Å²) in [6.45, 7) is 3.27. The van der Waals surface area contributed by atoms with E-state index in [-0.39, 0.29) is 5.91 Å². The van der Waals surface area contributed by atoms with Gasteiger partial charge in [0.25, 0.3) is 11.8 Å². The monoisotopic (exact) mass is 459 g/mol. The summed E-state index contributed by atoms with van der Waals surface area (Å²) in [5.74, 6) is -0.107. The van der Waals surface area contributed by atoms with Gasteiger partial charge in [-0.15, -0.1) is 0 Å². The average molecular weight is 460 g/mol. The molecule has 3 aromatic rings. The summed E-state index contributed by atoms with van der Waals surface area (Å²) in [4.78, 5) is 41.6. The van der Waals surface area contributed by atoms with E-state index in [9.17, 15) is 14.4 Å². The van der Waals surface area contributed by atoms with Crippen LogP contribution in [0.2, 0.25) is 0 Å². The fourth-order valence-electron chi connectivity index (χ4n) is 4.60. The first-order valence-corrected chi connectivity index (χ1v) is 11.2. The molecule has 2 saturated heterocycles. The lowest BCUT2D eigenvalue weighted by atomic mass is 9.83. The van der Waals surface area contributed by atoms with Gasteiger partial charge < -0.3 is 20.7 Å². The molecule has 0 saturated carbocycles. The molecule has 9 heteroatoms. The lowest BCUT2D eigenvalue weighted by molar-refractivity contribution is -0.125. The highest BCUT2D eigenvalue weighted by atomic mass is 16.5. The van der Waals surface area contributed by atoms with Crippen LogP contribution in [0, 0.1) is 6.92 Å². The number of ether oxygens (including phenoxy) is 1. The van der Waals surface area contributed by atoms with Crippen molar-refractivity contribution in [3.8, 4) is 5.75 Å². The molecule has 174 valence electrons. The highest BCUT2D eigenvalue weighted by molar-refractivity contribution is 6.08. The van der Waals surface area contributed by atoms with Gasteiger partial charge in [-0.25, -0.2) is 4.79 Å². The van der Waals surface area contributed by atoms with E-state index < -0.39 is 23.5 Å². The quantitative estimate of drug-likeness (QED) is 0.432. The number of hydrogen-bond acceptors (Lipinski definition) is 6. The van der Waals surface area contributed by atoms with Crippen LogP contribution in [0.4, 0.5) is 4.79 Å². The molecule has 2 aromatic carbocycles. The molecule has 2 fully saturated rings. The van der Waals surface area contributed by atoms with Crippen molar-refractivity contribution in [2.75, 3.05) is 13.1 Å². The maximum atomic E-state index is 12.9. The number of carbonyl (C=O) groups excluding carboxylic acids is 3. The molecule has 2 unspecified atom stereocenters. The maximum Gasteiger partial charge on any atom is 0.322 e. The van der Waals surface area contributed by atoms with Gasteiger partial charge in [0.2, 0.25) is 0 Å². The Labute approximate surface area is 196 Å².